The number of esters is 1. The third-order valence-electron chi connectivity index (χ3n) is 7.65. The summed E-state index contributed by atoms with van der Waals surface area (Å²) < 4.78 is 43.1. The van der Waals surface area contributed by atoms with E-state index >= 15 is 0 Å². The number of nitrogens with zero attached hydrogens (tertiary/aromatic N) is 4. The van der Waals surface area contributed by atoms with Gasteiger partial charge in [0, 0.05) is 65.0 Å². The van der Waals surface area contributed by atoms with E-state index < -0.39 is 15.4 Å². The molecule has 0 aliphatic carbocycles. The van der Waals surface area contributed by atoms with Gasteiger partial charge in [-0.05, 0) is 43.5 Å². The van der Waals surface area contributed by atoms with Gasteiger partial charge in [0.05, 0.1) is 18.2 Å². The van der Waals surface area contributed by atoms with Crippen LogP contribution in [0.5, 0.6) is 0 Å². The number of halogens is 1. The number of ether oxygens (including phenoxy) is 1. The van der Waals surface area contributed by atoms with Gasteiger partial charge in [-0.2, -0.15) is 4.31 Å². The smallest absolute Gasteiger partial charge is 0.312 e. The van der Waals surface area contributed by atoms with E-state index in [-0.39, 0.29) is 30.3 Å². The highest BCUT2D eigenvalue weighted by Crippen LogP contribution is 2.44. The summed E-state index contributed by atoms with van der Waals surface area (Å²) in [6, 6.07) is 6.59. The third kappa shape index (κ3) is 6.13. The highest BCUT2D eigenvalue weighted by atomic mass is 32.2. The first kappa shape index (κ1) is 25.8. The molecule has 4 rings (SSSR count). The van der Waals surface area contributed by atoms with Gasteiger partial charge in [-0.3, -0.25) is 14.5 Å². The number of likely N-dealkylation sites (tertiary alicyclic amines) is 1. The first-order valence-corrected chi connectivity index (χ1v) is 14.0. The summed E-state index contributed by atoms with van der Waals surface area (Å²) >= 11 is 0. The van der Waals surface area contributed by atoms with E-state index in [0.717, 1.165) is 55.4 Å². The van der Waals surface area contributed by atoms with Gasteiger partial charge >= 0.3 is 5.97 Å². The number of carbonyl (C=O) groups excluding carboxylic acids is 2. The number of amides is 1. The van der Waals surface area contributed by atoms with Gasteiger partial charge in [0.25, 0.3) is 0 Å². The Hall–Kier alpha value is -2.24. The molecule has 3 aliphatic rings. The number of piperidine rings is 1. The van der Waals surface area contributed by atoms with Crippen LogP contribution in [0, 0.1) is 11.2 Å². The summed E-state index contributed by atoms with van der Waals surface area (Å²) in [4.78, 5) is 31.5. The van der Waals surface area contributed by atoms with Gasteiger partial charge in [-0.25, -0.2) is 12.8 Å². The van der Waals surface area contributed by atoms with Crippen LogP contribution in [0.2, 0.25) is 0 Å². The van der Waals surface area contributed by atoms with Crippen molar-refractivity contribution in [3.8, 4) is 0 Å². The van der Waals surface area contributed by atoms with Crippen LogP contribution < -0.4 is 4.90 Å². The number of benzene rings is 1. The molecule has 1 aromatic carbocycles. The molecule has 1 spiro atoms. The van der Waals surface area contributed by atoms with Crippen molar-refractivity contribution in [2.45, 2.75) is 31.8 Å². The maximum Gasteiger partial charge on any atom is 0.312 e. The fourth-order valence-electron chi connectivity index (χ4n) is 5.21. The molecule has 0 N–H and O–H groups in total. The minimum absolute atomic E-state index is 0.115. The second kappa shape index (κ2) is 10.4. The Kier molecular flexibility index (Phi) is 7.68. The SMILES string of the molecule is CN(CC(=O)N1CCC2(CC1)C[C@H](CCN1CCN(c3ccc(F)cc3)CC1)OC2=O)S(C)(=O)=O. The molecule has 3 aliphatic heterocycles. The quantitative estimate of drug-likeness (QED) is 0.509. The summed E-state index contributed by atoms with van der Waals surface area (Å²) in [6.07, 6.45) is 3.51. The number of cyclic esters (lactones) is 1. The second-order valence-electron chi connectivity index (χ2n) is 10.0. The molecular weight excluding hydrogens is 475 g/mol. The van der Waals surface area contributed by atoms with Crippen LogP contribution in [0.25, 0.3) is 0 Å². The van der Waals surface area contributed by atoms with E-state index in [4.69, 9.17) is 4.74 Å². The number of sulfonamides is 1. The van der Waals surface area contributed by atoms with Crippen molar-refractivity contribution >= 4 is 27.6 Å². The van der Waals surface area contributed by atoms with E-state index in [1.165, 1.54) is 19.2 Å². The number of hydrogen-bond acceptors (Lipinski definition) is 7. The standard InChI is InChI=1S/C24H35FN4O5S/c1-26(35(2,32)33)18-22(30)29-11-8-24(9-12-29)17-21(34-23(24)31)7-10-27-13-15-28(16-14-27)20-5-3-19(25)4-6-20/h3-6,21H,7-18H2,1-2H3/t21-/m0/s1. The van der Waals surface area contributed by atoms with Gasteiger partial charge in [0.2, 0.25) is 15.9 Å². The number of carbonyl (C=O) groups is 2. The molecule has 1 aromatic rings. The predicted octanol–water partition coefficient (Wildman–Crippen LogP) is 1.15. The molecule has 9 nitrogen and oxygen atoms in total. The maximum absolute atomic E-state index is 13.2. The van der Waals surface area contributed by atoms with E-state index in [0.29, 0.717) is 32.4 Å². The first-order chi connectivity index (χ1) is 16.6. The van der Waals surface area contributed by atoms with Crippen LogP contribution in [0.3, 0.4) is 0 Å². The van der Waals surface area contributed by atoms with Gasteiger partial charge in [0.1, 0.15) is 11.9 Å². The van der Waals surface area contributed by atoms with Crippen LogP contribution >= 0.6 is 0 Å². The van der Waals surface area contributed by atoms with E-state index in [1.807, 2.05) is 12.1 Å². The lowest BCUT2D eigenvalue weighted by Gasteiger charge is -2.37. The second-order valence-corrected chi connectivity index (χ2v) is 12.1. The molecule has 0 bridgehead atoms. The van der Waals surface area contributed by atoms with Crippen molar-refractivity contribution in [3.63, 3.8) is 0 Å². The first-order valence-electron chi connectivity index (χ1n) is 12.2. The van der Waals surface area contributed by atoms with Gasteiger partial charge in [-0.1, -0.05) is 0 Å². The average molecular weight is 511 g/mol. The number of hydrogen-bond donors (Lipinski definition) is 0. The number of anilines is 1. The zero-order valence-electron chi connectivity index (χ0n) is 20.5. The molecule has 0 saturated carbocycles. The molecule has 3 heterocycles. The van der Waals surface area contributed by atoms with Gasteiger partial charge in [0.15, 0.2) is 0 Å². The van der Waals surface area contributed by atoms with Crippen LogP contribution in [-0.2, 0) is 24.3 Å². The molecule has 194 valence electrons. The van der Waals surface area contributed by atoms with Crippen molar-refractivity contribution < 1.29 is 27.1 Å². The highest BCUT2D eigenvalue weighted by molar-refractivity contribution is 7.88. The van der Waals surface area contributed by atoms with E-state index in [1.54, 1.807) is 4.90 Å². The van der Waals surface area contributed by atoms with Crippen LogP contribution in [-0.4, -0.2) is 106 Å². The Bertz CT molecular complexity index is 1020. The minimum Gasteiger partial charge on any atom is -0.462 e. The molecule has 0 unspecified atom stereocenters. The monoisotopic (exact) mass is 510 g/mol. The lowest BCUT2D eigenvalue weighted by Crippen LogP contribution is -2.48. The predicted molar refractivity (Wildman–Crippen MR) is 130 cm³/mol. The summed E-state index contributed by atoms with van der Waals surface area (Å²) in [7, 11) is -2.03. The molecule has 35 heavy (non-hydrogen) atoms. The molecular formula is C24H35FN4O5S. The third-order valence-corrected chi connectivity index (χ3v) is 8.92. The van der Waals surface area contributed by atoms with Crippen LogP contribution in [0.4, 0.5) is 10.1 Å². The topological polar surface area (TPSA) is 90.5 Å². The normalized spacial score (nSPS) is 23.2. The summed E-state index contributed by atoms with van der Waals surface area (Å²) in [6.45, 7) is 5.09. The molecule has 3 fully saturated rings. The van der Waals surface area contributed by atoms with Gasteiger partial charge in [-0.15, -0.1) is 0 Å². The molecule has 1 amide bonds. The maximum atomic E-state index is 13.2. The molecule has 0 radical (unpaired) electrons. The van der Waals surface area contributed by atoms with Crippen molar-refractivity contribution in [2.75, 3.05) is 70.6 Å². The van der Waals surface area contributed by atoms with Crippen LogP contribution in [0.1, 0.15) is 25.7 Å². The Balaban J connectivity index is 1.20. The van der Waals surface area contributed by atoms with Crippen molar-refractivity contribution in [2.24, 2.45) is 5.41 Å². The Labute approximate surface area is 206 Å². The highest BCUT2D eigenvalue weighted by Gasteiger charge is 2.50. The summed E-state index contributed by atoms with van der Waals surface area (Å²) in [5.41, 5.74) is 0.497. The van der Waals surface area contributed by atoms with Crippen molar-refractivity contribution in [1.29, 1.82) is 0 Å². The lowest BCUT2D eigenvalue weighted by atomic mass is 9.75. The Morgan fingerprint density at radius 2 is 1.74 bits per heavy atom. The minimum atomic E-state index is -3.42. The zero-order chi connectivity index (χ0) is 25.2. The number of rotatable bonds is 7. The van der Waals surface area contributed by atoms with Crippen molar-refractivity contribution in [3.05, 3.63) is 30.1 Å². The molecule has 1 atom stereocenters. The van der Waals surface area contributed by atoms with Crippen LogP contribution in [0.15, 0.2) is 24.3 Å². The summed E-state index contributed by atoms with van der Waals surface area (Å²) in [5, 5.41) is 0. The lowest BCUT2D eigenvalue weighted by molar-refractivity contribution is -0.152. The zero-order valence-corrected chi connectivity index (χ0v) is 21.3. The molecule has 11 heteroatoms. The summed E-state index contributed by atoms with van der Waals surface area (Å²) in [5.74, 6) is -0.632. The van der Waals surface area contributed by atoms with E-state index in [9.17, 15) is 22.4 Å². The number of piperazine rings is 1. The average Bonchev–Trinajstić information content (AvgIpc) is 3.13. The van der Waals surface area contributed by atoms with Gasteiger partial charge < -0.3 is 14.5 Å². The Morgan fingerprint density at radius 1 is 1.11 bits per heavy atom. The fraction of sp³-hybridized carbons (Fsp3) is 0.667. The van der Waals surface area contributed by atoms with Crippen molar-refractivity contribution in [1.82, 2.24) is 14.1 Å². The fourth-order valence-corrected chi connectivity index (χ4v) is 5.55. The van der Waals surface area contributed by atoms with E-state index in [2.05, 4.69) is 9.80 Å². The Morgan fingerprint density at radius 3 is 2.34 bits per heavy atom. The number of likely N-dealkylation sites (N-methyl/N-ethyl adjacent to an activating group) is 1. The largest absolute Gasteiger partial charge is 0.462 e. The molecule has 0 aromatic heterocycles. The molecule has 3 saturated heterocycles.